The van der Waals surface area contributed by atoms with Crippen molar-refractivity contribution in [2.45, 2.75) is 0 Å². The first kappa shape index (κ1) is 12.0. The minimum atomic E-state index is 0.512. The molecule has 1 aromatic heterocycles. The molecule has 0 unspecified atom stereocenters. The third kappa shape index (κ3) is 2.11. The number of hydrogen-bond acceptors (Lipinski definition) is 3. The molecule has 2 aromatic carbocycles. The minimum Gasteiger partial charge on any atom is -0.212 e. The van der Waals surface area contributed by atoms with Crippen molar-refractivity contribution in [3.8, 4) is 16.9 Å². The van der Waals surface area contributed by atoms with Crippen LogP contribution in [0.4, 0.5) is 5.69 Å². The molecule has 0 atom stereocenters. The Labute approximate surface area is 114 Å². The Morgan fingerprint density at radius 3 is 2.55 bits per heavy atom. The number of aromatic nitrogens is 3. The van der Waals surface area contributed by atoms with E-state index in [1.165, 1.54) is 0 Å². The summed E-state index contributed by atoms with van der Waals surface area (Å²) in [4.78, 5) is 2.84. The second kappa shape index (κ2) is 5.26. The van der Waals surface area contributed by atoms with Crippen LogP contribution in [-0.4, -0.2) is 15.0 Å². The number of hydrogen-bond donors (Lipinski definition) is 0. The van der Waals surface area contributed by atoms with Gasteiger partial charge in [0.2, 0.25) is 0 Å². The fraction of sp³-hybridized carbons (Fsp3) is 0. The van der Waals surface area contributed by atoms with E-state index in [1.807, 2.05) is 48.5 Å². The van der Waals surface area contributed by atoms with Gasteiger partial charge in [-0.15, -0.1) is 5.10 Å². The van der Waals surface area contributed by atoms with Gasteiger partial charge >= 0.3 is 0 Å². The lowest BCUT2D eigenvalue weighted by Gasteiger charge is -2.08. The van der Waals surface area contributed by atoms with E-state index >= 15 is 0 Å². The van der Waals surface area contributed by atoms with Gasteiger partial charge in [0.1, 0.15) is 0 Å². The third-order valence-electron chi connectivity index (χ3n) is 2.88. The Morgan fingerprint density at radius 1 is 1.00 bits per heavy atom. The number of para-hydroxylation sites is 1. The van der Waals surface area contributed by atoms with E-state index in [0.29, 0.717) is 11.4 Å². The Balaban J connectivity index is 2.18. The van der Waals surface area contributed by atoms with E-state index in [1.54, 1.807) is 16.9 Å². The van der Waals surface area contributed by atoms with Crippen LogP contribution in [0.25, 0.3) is 27.4 Å². The van der Waals surface area contributed by atoms with Gasteiger partial charge in [-0.1, -0.05) is 58.9 Å². The molecule has 0 aliphatic heterocycles. The Hall–Kier alpha value is -3.11. The maximum Gasteiger partial charge on any atom is 0.0944 e. The molecule has 6 nitrogen and oxygen atoms in total. The van der Waals surface area contributed by atoms with Gasteiger partial charge in [0.25, 0.3) is 0 Å². The molecule has 96 valence electrons. The topological polar surface area (TPSA) is 79.5 Å². The largest absolute Gasteiger partial charge is 0.212 e. The Kier molecular flexibility index (Phi) is 3.14. The van der Waals surface area contributed by atoms with Crippen LogP contribution in [0.15, 0.2) is 65.9 Å². The molecule has 0 aliphatic carbocycles. The van der Waals surface area contributed by atoms with Crippen LogP contribution in [0.2, 0.25) is 0 Å². The molecule has 0 aliphatic rings. The molecule has 0 amide bonds. The predicted octanol–water partition coefficient (Wildman–Crippen LogP) is 3.88. The van der Waals surface area contributed by atoms with Crippen LogP contribution >= 0.6 is 0 Å². The van der Waals surface area contributed by atoms with Gasteiger partial charge < -0.3 is 0 Å². The van der Waals surface area contributed by atoms with Gasteiger partial charge in [-0.3, -0.25) is 0 Å². The zero-order valence-electron chi connectivity index (χ0n) is 10.5. The van der Waals surface area contributed by atoms with Gasteiger partial charge in [-0.25, -0.2) is 4.68 Å². The van der Waals surface area contributed by atoms with Crippen LogP contribution in [0.5, 0.6) is 0 Å². The molecule has 0 radical (unpaired) electrons. The lowest BCUT2D eigenvalue weighted by Crippen LogP contribution is -1.99. The summed E-state index contributed by atoms with van der Waals surface area (Å²) in [5, 5.41) is 11.7. The third-order valence-corrected chi connectivity index (χ3v) is 2.88. The van der Waals surface area contributed by atoms with Crippen molar-refractivity contribution in [2.75, 3.05) is 0 Å². The molecule has 0 spiro atoms. The fourth-order valence-corrected chi connectivity index (χ4v) is 1.99. The van der Waals surface area contributed by atoms with Gasteiger partial charge in [-0.2, -0.15) is 0 Å². The predicted molar refractivity (Wildman–Crippen MR) is 75.6 cm³/mol. The van der Waals surface area contributed by atoms with E-state index in [4.69, 9.17) is 5.53 Å². The van der Waals surface area contributed by atoms with Crippen molar-refractivity contribution in [3.05, 3.63) is 71.2 Å². The molecule has 0 N–H and O–H groups in total. The molecular formula is C14H10N6. The summed E-state index contributed by atoms with van der Waals surface area (Å²) >= 11 is 0. The molecular weight excluding hydrogens is 252 g/mol. The SMILES string of the molecule is [N-]=[N+]=Nc1ccccc1-n1nncc1-c1ccccc1. The summed E-state index contributed by atoms with van der Waals surface area (Å²) < 4.78 is 1.67. The van der Waals surface area contributed by atoms with Crippen LogP contribution in [0.3, 0.4) is 0 Å². The summed E-state index contributed by atoms with van der Waals surface area (Å²) in [6.07, 6.45) is 1.68. The van der Waals surface area contributed by atoms with Gasteiger partial charge in [-0.05, 0) is 11.6 Å². The van der Waals surface area contributed by atoms with E-state index in [0.717, 1.165) is 11.3 Å². The summed E-state index contributed by atoms with van der Waals surface area (Å²) in [7, 11) is 0. The molecule has 0 saturated carbocycles. The lowest BCUT2D eigenvalue weighted by atomic mass is 10.1. The van der Waals surface area contributed by atoms with E-state index in [-0.39, 0.29) is 0 Å². The minimum absolute atomic E-state index is 0.512. The highest BCUT2D eigenvalue weighted by atomic mass is 15.4. The summed E-state index contributed by atoms with van der Waals surface area (Å²) in [5.41, 5.74) is 11.7. The van der Waals surface area contributed by atoms with Gasteiger partial charge in [0.05, 0.1) is 23.3 Å². The normalized spacial score (nSPS) is 10.0. The highest BCUT2D eigenvalue weighted by molar-refractivity contribution is 5.65. The maximum absolute atomic E-state index is 8.64. The van der Waals surface area contributed by atoms with Crippen molar-refractivity contribution in [1.82, 2.24) is 15.0 Å². The second-order valence-corrected chi connectivity index (χ2v) is 4.08. The first-order chi connectivity index (χ1) is 9.90. The van der Waals surface area contributed by atoms with Gasteiger partial charge in [0, 0.05) is 10.5 Å². The summed E-state index contributed by atoms with van der Waals surface area (Å²) in [5.74, 6) is 0. The van der Waals surface area contributed by atoms with E-state index in [2.05, 4.69) is 20.3 Å². The molecule has 1 heterocycles. The maximum atomic E-state index is 8.64. The van der Waals surface area contributed by atoms with Crippen molar-refractivity contribution in [3.63, 3.8) is 0 Å². The molecule has 3 rings (SSSR count). The number of azide groups is 1. The highest BCUT2D eigenvalue weighted by Crippen LogP contribution is 2.27. The number of benzene rings is 2. The van der Waals surface area contributed by atoms with Crippen molar-refractivity contribution in [1.29, 1.82) is 0 Å². The molecule has 20 heavy (non-hydrogen) atoms. The van der Waals surface area contributed by atoms with Crippen LogP contribution in [-0.2, 0) is 0 Å². The smallest absolute Gasteiger partial charge is 0.0944 e. The van der Waals surface area contributed by atoms with E-state index in [9.17, 15) is 0 Å². The van der Waals surface area contributed by atoms with Gasteiger partial charge in [0.15, 0.2) is 0 Å². The average Bonchev–Trinajstić information content (AvgIpc) is 2.98. The highest BCUT2D eigenvalue weighted by Gasteiger charge is 2.10. The van der Waals surface area contributed by atoms with Crippen molar-refractivity contribution >= 4 is 5.69 Å². The first-order valence-corrected chi connectivity index (χ1v) is 6.01. The van der Waals surface area contributed by atoms with Crippen LogP contribution in [0, 0.1) is 0 Å². The quantitative estimate of drug-likeness (QED) is 0.408. The fourth-order valence-electron chi connectivity index (χ4n) is 1.99. The molecule has 0 fully saturated rings. The molecule has 0 saturated heterocycles. The number of rotatable bonds is 3. The lowest BCUT2D eigenvalue weighted by molar-refractivity contribution is 0.808. The Bertz CT molecular complexity index is 771. The van der Waals surface area contributed by atoms with Crippen LogP contribution < -0.4 is 0 Å². The molecule has 3 aromatic rings. The molecule has 0 bridgehead atoms. The van der Waals surface area contributed by atoms with Crippen LogP contribution in [0.1, 0.15) is 0 Å². The first-order valence-electron chi connectivity index (χ1n) is 6.01. The van der Waals surface area contributed by atoms with Crippen molar-refractivity contribution in [2.24, 2.45) is 5.11 Å². The second-order valence-electron chi connectivity index (χ2n) is 4.08. The molecule has 6 heteroatoms. The summed E-state index contributed by atoms with van der Waals surface area (Å²) in [6.45, 7) is 0. The number of nitrogens with zero attached hydrogens (tertiary/aromatic N) is 6. The monoisotopic (exact) mass is 262 g/mol. The zero-order chi connectivity index (χ0) is 13.8. The van der Waals surface area contributed by atoms with E-state index < -0.39 is 0 Å². The summed E-state index contributed by atoms with van der Waals surface area (Å²) in [6, 6.07) is 17.1. The Morgan fingerprint density at radius 2 is 1.75 bits per heavy atom. The average molecular weight is 262 g/mol. The standard InChI is InChI=1S/C14H10N6/c15-18-17-12-8-4-5-9-13(12)20-14(10-16-19-20)11-6-2-1-3-7-11/h1-10H. The van der Waals surface area contributed by atoms with Crippen molar-refractivity contribution < 1.29 is 0 Å². The zero-order valence-corrected chi connectivity index (χ0v) is 10.5.